The molecule has 4 heteroatoms. The monoisotopic (exact) mass is 352 g/mol. The minimum absolute atomic E-state index is 0.0434. The van der Waals surface area contributed by atoms with Crippen LogP contribution in [0.2, 0.25) is 0 Å². The van der Waals surface area contributed by atoms with Crippen molar-refractivity contribution in [1.29, 1.82) is 0 Å². The third-order valence-electron chi connectivity index (χ3n) is 3.94. The first-order valence-corrected chi connectivity index (χ1v) is 9.08. The van der Waals surface area contributed by atoms with Gasteiger partial charge in [0.05, 0.1) is 33.0 Å². The topological polar surface area (TPSA) is 36.9 Å². The second-order valence-electron chi connectivity index (χ2n) is 8.28. The molecule has 0 aromatic heterocycles. The van der Waals surface area contributed by atoms with Crippen molar-refractivity contribution in [3.05, 3.63) is 29.3 Å². The number of rotatable bonds is 10. The van der Waals surface area contributed by atoms with Gasteiger partial charge in [-0.05, 0) is 28.0 Å². The van der Waals surface area contributed by atoms with Crippen LogP contribution in [-0.4, -0.2) is 46.8 Å². The second-order valence-corrected chi connectivity index (χ2v) is 8.28. The fraction of sp³-hybridized carbons (Fsp3) is 0.714. The van der Waals surface area contributed by atoms with Crippen LogP contribution in [0.5, 0.6) is 5.75 Å². The van der Waals surface area contributed by atoms with Gasteiger partial charge in [-0.3, -0.25) is 0 Å². The molecule has 0 spiro atoms. The van der Waals surface area contributed by atoms with E-state index in [1.165, 1.54) is 11.1 Å². The summed E-state index contributed by atoms with van der Waals surface area (Å²) in [5, 5.41) is 0. The lowest BCUT2D eigenvalue weighted by Gasteiger charge is -2.26. The molecule has 0 heterocycles. The average Bonchev–Trinajstić information content (AvgIpc) is 2.51. The van der Waals surface area contributed by atoms with E-state index in [1.54, 1.807) is 7.11 Å². The first kappa shape index (κ1) is 21.9. The zero-order chi connectivity index (χ0) is 18.9. The molecular formula is C21H36O4. The quantitative estimate of drug-likeness (QED) is 0.587. The molecule has 0 aliphatic rings. The highest BCUT2D eigenvalue weighted by molar-refractivity contribution is 5.43. The first-order chi connectivity index (χ1) is 11.7. The van der Waals surface area contributed by atoms with Crippen LogP contribution >= 0.6 is 0 Å². The van der Waals surface area contributed by atoms with Crippen LogP contribution < -0.4 is 4.74 Å². The Kier molecular flexibility index (Phi) is 8.91. The zero-order valence-corrected chi connectivity index (χ0v) is 17.1. The molecule has 0 aliphatic carbocycles. The molecule has 0 fully saturated rings. The van der Waals surface area contributed by atoms with Crippen molar-refractivity contribution in [2.75, 3.05) is 46.8 Å². The van der Waals surface area contributed by atoms with E-state index in [-0.39, 0.29) is 10.8 Å². The van der Waals surface area contributed by atoms with Gasteiger partial charge in [0, 0.05) is 7.11 Å². The van der Waals surface area contributed by atoms with Gasteiger partial charge in [0.1, 0.15) is 12.4 Å². The van der Waals surface area contributed by atoms with Crippen molar-refractivity contribution in [3.63, 3.8) is 0 Å². The maximum absolute atomic E-state index is 6.06. The SMILES string of the molecule is COCCOCCOCCOc1cc(C(C)(C)C)ccc1C(C)(C)C. The van der Waals surface area contributed by atoms with E-state index in [4.69, 9.17) is 18.9 Å². The molecular weight excluding hydrogens is 316 g/mol. The number of hydrogen-bond acceptors (Lipinski definition) is 4. The lowest BCUT2D eigenvalue weighted by atomic mass is 9.81. The van der Waals surface area contributed by atoms with Crippen molar-refractivity contribution in [3.8, 4) is 5.75 Å². The van der Waals surface area contributed by atoms with E-state index < -0.39 is 0 Å². The molecule has 0 aliphatic heterocycles. The van der Waals surface area contributed by atoms with Gasteiger partial charge in [-0.1, -0.05) is 53.7 Å². The van der Waals surface area contributed by atoms with Gasteiger partial charge < -0.3 is 18.9 Å². The third-order valence-corrected chi connectivity index (χ3v) is 3.94. The molecule has 0 amide bonds. The van der Waals surface area contributed by atoms with E-state index in [0.29, 0.717) is 39.6 Å². The molecule has 4 nitrogen and oxygen atoms in total. The van der Waals surface area contributed by atoms with Gasteiger partial charge in [0.25, 0.3) is 0 Å². The van der Waals surface area contributed by atoms with E-state index in [2.05, 4.69) is 59.7 Å². The number of ether oxygens (including phenoxy) is 4. The van der Waals surface area contributed by atoms with Gasteiger partial charge in [0.2, 0.25) is 0 Å². The van der Waals surface area contributed by atoms with Crippen LogP contribution in [0.4, 0.5) is 0 Å². The maximum Gasteiger partial charge on any atom is 0.123 e. The average molecular weight is 353 g/mol. The largest absolute Gasteiger partial charge is 0.491 e. The second kappa shape index (κ2) is 10.1. The highest BCUT2D eigenvalue weighted by atomic mass is 16.6. The van der Waals surface area contributed by atoms with Gasteiger partial charge in [0.15, 0.2) is 0 Å². The summed E-state index contributed by atoms with van der Waals surface area (Å²) < 4.78 is 21.9. The summed E-state index contributed by atoms with van der Waals surface area (Å²) in [4.78, 5) is 0. The van der Waals surface area contributed by atoms with Gasteiger partial charge in [-0.2, -0.15) is 0 Å². The van der Waals surface area contributed by atoms with E-state index in [1.807, 2.05) is 0 Å². The van der Waals surface area contributed by atoms with Crippen LogP contribution in [0.15, 0.2) is 18.2 Å². The van der Waals surface area contributed by atoms with Crippen LogP contribution in [0.25, 0.3) is 0 Å². The number of benzene rings is 1. The predicted molar refractivity (Wildman–Crippen MR) is 103 cm³/mol. The van der Waals surface area contributed by atoms with Crippen molar-refractivity contribution in [1.82, 2.24) is 0 Å². The Hall–Kier alpha value is -1.10. The van der Waals surface area contributed by atoms with Gasteiger partial charge in [-0.15, -0.1) is 0 Å². The third kappa shape index (κ3) is 8.21. The van der Waals surface area contributed by atoms with Gasteiger partial charge >= 0.3 is 0 Å². The summed E-state index contributed by atoms with van der Waals surface area (Å²) in [6.45, 7) is 16.7. The van der Waals surface area contributed by atoms with Crippen LogP contribution in [0, 0.1) is 0 Å². The van der Waals surface area contributed by atoms with Crippen molar-refractivity contribution in [2.24, 2.45) is 0 Å². The van der Waals surface area contributed by atoms with Crippen LogP contribution in [0.1, 0.15) is 52.7 Å². The molecule has 1 aromatic rings. The molecule has 0 saturated heterocycles. The Labute approximate surface area is 153 Å². The molecule has 0 bridgehead atoms. The van der Waals surface area contributed by atoms with Crippen molar-refractivity contribution < 1.29 is 18.9 Å². The molecule has 0 radical (unpaired) electrons. The highest BCUT2D eigenvalue weighted by Crippen LogP contribution is 2.35. The van der Waals surface area contributed by atoms with Crippen LogP contribution in [0.3, 0.4) is 0 Å². The molecule has 0 atom stereocenters. The summed E-state index contributed by atoms with van der Waals surface area (Å²) >= 11 is 0. The summed E-state index contributed by atoms with van der Waals surface area (Å²) in [5.74, 6) is 0.958. The normalized spacial score (nSPS) is 12.4. The molecule has 1 aromatic carbocycles. The summed E-state index contributed by atoms with van der Waals surface area (Å²) in [6, 6.07) is 6.58. The molecule has 0 N–H and O–H groups in total. The summed E-state index contributed by atoms with van der Waals surface area (Å²) in [5.41, 5.74) is 2.65. The Balaban J connectivity index is 2.53. The van der Waals surface area contributed by atoms with Crippen molar-refractivity contribution >= 4 is 0 Å². The minimum Gasteiger partial charge on any atom is -0.491 e. The smallest absolute Gasteiger partial charge is 0.123 e. The molecule has 0 saturated carbocycles. The fourth-order valence-electron chi connectivity index (χ4n) is 2.40. The Morgan fingerprint density at radius 3 is 1.80 bits per heavy atom. The molecule has 25 heavy (non-hydrogen) atoms. The fourth-order valence-corrected chi connectivity index (χ4v) is 2.40. The Morgan fingerprint density at radius 2 is 1.28 bits per heavy atom. The zero-order valence-electron chi connectivity index (χ0n) is 17.1. The van der Waals surface area contributed by atoms with Gasteiger partial charge in [-0.25, -0.2) is 0 Å². The predicted octanol–water partition coefficient (Wildman–Crippen LogP) is 4.34. The first-order valence-electron chi connectivity index (χ1n) is 9.08. The summed E-state index contributed by atoms with van der Waals surface area (Å²) in [6.07, 6.45) is 0. The molecule has 144 valence electrons. The Morgan fingerprint density at radius 1 is 0.720 bits per heavy atom. The Bertz CT molecular complexity index is 498. The van der Waals surface area contributed by atoms with Crippen LogP contribution in [-0.2, 0) is 25.0 Å². The van der Waals surface area contributed by atoms with E-state index in [0.717, 1.165) is 5.75 Å². The minimum atomic E-state index is 0.0434. The number of hydrogen-bond donors (Lipinski definition) is 0. The van der Waals surface area contributed by atoms with E-state index >= 15 is 0 Å². The lowest BCUT2D eigenvalue weighted by Crippen LogP contribution is -2.18. The summed E-state index contributed by atoms with van der Waals surface area (Å²) in [7, 11) is 1.66. The standard InChI is InChI=1S/C21H36O4/c1-20(2,3)17-8-9-18(21(4,5)6)19(16-17)25-15-14-24-13-12-23-11-10-22-7/h8-9,16H,10-15H2,1-7H3. The lowest BCUT2D eigenvalue weighted by molar-refractivity contribution is 0.0178. The molecule has 0 unspecified atom stereocenters. The molecule has 1 rings (SSSR count). The number of methoxy groups -OCH3 is 1. The van der Waals surface area contributed by atoms with E-state index in [9.17, 15) is 0 Å². The van der Waals surface area contributed by atoms with Crippen molar-refractivity contribution in [2.45, 2.75) is 52.4 Å². The highest BCUT2D eigenvalue weighted by Gasteiger charge is 2.22. The maximum atomic E-state index is 6.06.